The van der Waals surface area contributed by atoms with Gasteiger partial charge in [-0.15, -0.1) is 0 Å². The van der Waals surface area contributed by atoms with Gasteiger partial charge in [0, 0.05) is 24.6 Å². The van der Waals surface area contributed by atoms with Crippen molar-refractivity contribution >= 4 is 22.3 Å². The van der Waals surface area contributed by atoms with E-state index in [1.807, 2.05) is 25.3 Å². The summed E-state index contributed by atoms with van der Waals surface area (Å²) < 4.78 is 23.1. The van der Waals surface area contributed by atoms with Crippen LogP contribution in [0.25, 0.3) is 10.9 Å². The molecule has 1 saturated carbocycles. The lowest BCUT2D eigenvalue weighted by atomic mass is 9.99. The molecule has 1 aromatic carbocycles. The summed E-state index contributed by atoms with van der Waals surface area (Å²) in [5, 5.41) is 12.7. The summed E-state index contributed by atoms with van der Waals surface area (Å²) in [5.74, 6) is -0.0763. The van der Waals surface area contributed by atoms with E-state index >= 15 is 4.39 Å². The number of pyridine rings is 2. The number of nitrogen functional groups attached to an aromatic ring is 1. The fourth-order valence-electron chi connectivity index (χ4n) is 4.79. The molecule has 158 valence electrons. The summed E-state index contributed by atoms with van der Waals surface area (Å²) in [6.45, 7) is 2.22. The normalized spacial score (nSPS) is 22.2. The SMILES string of the molecule is C[C@H]1COc2c(N[C@@H]3CC[C@@H](c4cccnc4)C3)c(F)c(N)c3c(=O)c(C#N)cn1c23. The van der Waals surface area contributed by atoms with Gasteiger partial charge in [0.25, 0.3) is 0 Å². The molecule has 3 atom stereocenters. The molecule has 0 amide bonds. The minimum atomic E-state index is -0.708. The summed E-state index contributed by atoms with van der Waals surface area (Å²) >= 11 is 0. The van der Waals surface area contributed by atoms with Crippen LogP contribution in [0.2, 0.25) is 0 Å². The van der Waals surface area contributed by atoms with Crippen LogP contribution >= 0.6 is 0 Å². The van der Waals surface area contributed by atoms with Gasteiger partial charge in [0.1, 0.15) is 23.9 Å². The van der Waals surface area contributed by atoms with Crippen LogP contribution in [-0.2, 0) is 0 Å². The smallest absolute Gasteiger partial charge is 0.209 e. The van der Waals surface area contributed by atoms with Crippen LogP contribution in [0.15, 0.2) is 35.5 Å². The number of rotatable bonds is 3. The van der Waals surface area contributed by atoms with Crippen molar-refractivity contribution in [3.8, 4) is 11.8 Å². The van der Waals surface area contributed by atoms with Gasteiger partial charge in [0.05, 0.1) is 22.6 Å². The lowest BCUT2D eigenvalue weighted by Crippen LogP contribution is -2.27. The van der Waals surface area contributed by atoms with Crippen molar-refractivity contribution in [1.29, 1.82) is 5.26 Å². The third-order valence-corrected chi connectivity index (χ3v) is 6.40. The topological polar surface area (TPSA) is 106 Å². The molecule has 0 spiro atoms. The average molecular weight is 419 g/mol. The second-order valence-corrected chi connectivity index (χ2v) is 8.34. The van der Waals surface area contributed by atoms with Crippen molar-refractivity contribution in [2.75, 3.05) is 17.7 Å². The zero-order valence-electron chi connectivity index (χ0n) is 17.1. The fraction of sp³-hybridized carbons (Fsp3) is 0.348. The molecule has 1 fully saturated rings. The minimum absolute atomic E-state index is 0.00306. The highest BCUT2D eigenvalue weighted by Gasteiger charge is 2.32. The second kappa shape index (κ2) is 7.27. The van der Waals surface area contributed by atoms with E-state index in [1.54, 1.807) is 10.8 Å². The molecule has 7 nitrogen and oxygen atoms in total. The number of hydrogen-bond acceptors (Lipinski definition) is 6. The molecule has 2 aromatic heterocycles. The van der Waals surface area contributed by atoms with Crippen molar-refractivity contribution < 1.29 is 9.13 Å². The number of benzene rings is 1. The fourth-order valence-corrected chi connectivity index (χ4v) is 4.79. The molecule has 3 aromatic rings. The van der Waals surface area contributed by atoms with Gasteiger partial charge >= 0.3 is 0 Å². The monoisotopic (exact) mass is 419 g/mol. The van der Waals surface area contributed by atoms with Crippen molar-refractivity contribution in [3.63, 3.8) is 0 Å². The lowest BCUT2D eigenvalue weighted by molar-refractivity contribution is 0.247. The van der Waals surface area contributed by atoms with Gasteiger partial charge in [0.15, 0.2) is 11.6 Å². The van der Waals surface area contributed by atoms with Gasteiger partial charge in [-0.1, -0.05) is 6.07 Å². The van der Waals surface area contributed by atoms with E-state index < -0.39 is 11.2 Å². The minimum Gasteiger partial charge on any atom is -0.487 e. The molecule has 0 bridgehead atoms. The number of nitriles is 1. The van der Waals surface area contributed by atoms with E-state index in [0.717, 1.165) is 19.3 Å². The molecule has 2 aliphatic rings. The van der Waals surface area contributed by atoms with Crippen LogP contribution in [-0.4, -0.2) is 22.2 Å². The van der Waals surface area contributed by atoms with E-state index in [4.69, 9.17) is 10.5 Å². The van der Waals surface area contributed by atoms with Crippen LogP contribution in [0.1, 0.15) is 49.3 Å². The molecular weight excluding hydrogens is 397 g/mol. The summed E-state index contributed by atoms with van der Waals surface area (Å²) in [6.07, 6.45) is 7.81. The molecule has 0 radical (unpaired) electrons. The Bertz CT molecular complexity index is 1280. The predicted octanol–water partition coefficient (Wildman–Crippen LogP) is 3.69. The molecule has 0 unspecified atom stereocenters. The Kier molecular flexibility index (Phi) is 4.54. The lowest BCUT2D eigenvalue weighted by Gasteiger charge is -2.30. The summed E-state index contributed by atoms with van der Waals surface area (Å²) in [5.41, 5.74) is 7.00. The highest BCUT2D eigenvalue weighted by Crippen LogP contribution is 2.45. The maximum atomic E-state index is 15.4. The molecular formula is C23H22FN5O2. The Morgan fingerprint density at radius 2 is 2.26 bits per heavy atom. The first kappa shape index (κ1) is 19.4. The largest absolute Gasteiger partial charge is 0.487 e. The van der Waals surface area contributed by atoms with Gasteiger partial charge < -0.3 is 20.4 Å². The summed E-state index contributed by atoms with van der Waals surface area (Å²) in [7, 11) is 0. The quantitative estimate of drug-likeness (QED) is 0.627. The average Bonchev–Trinajstić information content (AvgIpc) is 3.25. The van der Waals surface area contributed by atoms with Gasteiger partial charge in [-0.2, -0.15) is 5.26 Å². The van der Waals surface area contributed by atoms with Gasteiger partial charge in [-0.3, -0.25) is 9.78 Å². The Hall–Kier alpha value is -3.60. The first-order chi connectivity index (χ1) is 15.0. The Morgan fingerprint density at radius 3 is 3.00 bits per heavy atom. The third kappa shape index (κ3) is 3.00. The highest BCUT2D eigenvalue weighted by molar-refractivity contribution is 6.00. The number of nitrogens with zero attached hydrogens (tertiary/aromatic N) is 3. The second-order valence-electron chi connectivity index (χ2n) is 8.34. The van der Waals surface area contributed by atoms with Gasteiger partial charge in [-0.05, 0) is 43.7 Å². The molecule has 8 heteroatoms. The number of anilines is 2. The van der Waals surface area contributed by atoms with Crippen LogP contribution in [0, 0.1) is 17.1 Å². The van der Waals surface area contributed by atoms with E-state index in [9.17, 15) is 10.1 Å². The van der Waals surface area contributed by atoms with Crippen LogP contribution in [0.4, 0.5) is 15.8 Å². The van der Waals surface area contributed by atoms with E-state index in [-0.39, 0.29) is 40.2 Å². The van der Waals surface area contributed by atoms with Crippen molar-refractivity contribution in [3.05, 3.63) is 57.9 Å². The Labute approximate surface area is 178 Å². The van der Waals surface area contributed by atoms with Crippen LogP contribution in [0.3, 0.4) is 0 Å². The van der Waals surface area contributed by atoms with Gasteiger partial charge in [0.2, 0.25) is 5.43 Å². The third-order valence-electron chi connectivity index (χ3n) is 6.40. The molecule has 3 N–H and O–H groups in total. The van der Waals surface area contributed by atoms with E-state index in [2.05, 4.69) is 16.4 Å². The maximum Gasteiger partial charge on any atom is 0.209 e. The van der Waals surface area contributed by atoms with Gasteiger partial charge in [-0.25, -0.2) is 4.39 Å². The number of nitrogens with two attached hydrogens (primary N) is 1. The highest BCUT2D eigenvalue weighted by atomic mass is 19.1. The first-order valence-electron chi connectivity index (χ1n) is 10.4. The van der Waals surface area contributed by atoms with Crippen molar-refractivity contribution in [2.45, 2.75) is 44.2 Å². The number of ether oxygens (including phenoxy) is 1. The van der Waals surface area contributed by atoms with Crippen LogP contribution < -0.4 is 21.2 Å². The molecule has 0 saturated heterocycles. The summed E-state index contributed by atoms with van der Waals surface area (Å²) in [6, 6.07) is 5.80. The van der Waals surface area contributed by atoms with Crippen LogP contribution in [0.5, 0.6) is 5.75 Å². The molecule has 31 heavy (non-hydrogen) atoms. The molecule has 3 heterocycles. The number of nitrogens with one attached hydrogen (secondary N) is 1. The molecule has 1 aliphatic carbocycles. The number of aromatic nitrogens is 2. The Balaban J connectivity index is 1.59. The van der Waals surface area contributed by atoms with E-state index in [1.165, 1.54) is 11.8 Å². The summed E-state index contributed by atoms with van der Waals surface area (Å²) in [4.78, 5) is 17.0. The first-order valence-corrected chi connectivity index (χ1v) is 10.4. The zero-order valence-corrected chi connectivity index (χ0v) is 17.1. The maximum absolute atomic E-state index is 15.4. The number of hydrogen-bond donors (Lipinski definition) is 2. The van der Waals surface area contributed by atoms with E-state index in [0.29, 0.717) is 18.0 Å². The van der Waals surface area contributed by atoms with Crippen molar-refractivity contribution in [1.82, 2.24) is 9.55 Å². The molecule has 1 aliphatic heterocycles. The number of halogens is 1. The standard InChI is InChI=1S/C23H22FN5O2/c1-12-11-31-23-20(28-16-5-4-13(7-16)14-3-2-6-27-9-14)18(24)19(26)17-21(23)29(12)10-15(8-25)22(17)30/h2-3,6,9-10,12-13,16,28H,4-5,7,11,26H2,1H3/t12-,13+,16+/m0/s1. The molecule has 5 rings (SSSR count). The zero-order chi connectivity index (χ0) is 21.7. The Morgan fingerprint density at radius 1 is 1.42 bits per heavy atom. The predicted molar refractivity (Wildman–Crippen MR) is 116 cm³/mol. The van der Waals surface area contributed by atoms with Crippen molar-refractivity contribution in [2.24, 2.45) is 0 Å².